The second kappa shape index (κ2) is 6.98. The summed E-state index contributed by atoms with van der Waals surface area (Å²) in [6.07, 6.45) is 0. The van der Waals surface area contributed by atoms with Crippen LogP contribution in [0.2, 0.25) is 0 Å². The zero-order valence-electron chi connectivity index (χ0n) is 15.6. The van der Waals surface area contributed by atoms with Crippen molar-refractivity contribution in [2.75, 3.05) is 18.0 Å². The number of piperazine rings is 1. The quantitative estimate of drug-likeness (QED) is 0.750. The molecule has 2 atom stereocenters. The lowest BCUT2D eigenvalue weighted by Crippen LogP contribution is -2.54. The fourth-order valence-electron chi connectivity index (χ4n) is 4.02. The van der Waals surface area contributed by atoms with Crippen LogP contribution in [-0.4, -0.2) is 33.6 Å². The Morgan fingerprint density at radius 3 is 2.07 bits per heavy atom. The molecule has 0 amide bonds. The topological polar surface area (TPSA) is 49.4 Å². The molecule has 0 aromatic heterocycles. The van der Waals surface area contributed by atoms with Crippen LogP contribution in [0.1, 0.15) is 13.8 Å². The van der Waals surface area contributed by atoms with Gasteiger partial charge < -0.3 is 10.2 Å². The molecule has 0 aliphatic carbocycles. The summed E-state index contributed by atoms with van der Waals surface area (Å²) in [6.45, 7) is 6.16. The maximum Gasteiger partial charge on any atom is 0.207 e. The lowest BCUT2D eigenvalue weighted by Gasteiger charge is -2.38. The van der Waals surface area contributed by atoms with Crippen molar-refractivity contribution in [2.24, 2.45) is 0 Å². The number of nitrogens with zero attached hydrogens (tertiary/aromatic N) is 1. The highest BCUT2D eigenvalue weighted by Crippen LogP contribution is 2.35. The molecule has 1 aliphatic heterocycles. The molecule has 1 N–H and O–H groups in total. The van der Waals surface area contributed by atoms with Crippen LogP contribution in [0.4, 0.5) is 5.69 Å². The van der Waals surface area contributed by atoms with Gasteiger partial charge in [0.05, 0.1) is 9.79 Å². The number of fused-ring (bicyclic) bond motifs is 1. The van der Waals surface area contributed by atoms with E-state index in [-0.39, 0.29) is 0 Å². The third kappa shape index (κ3) is 3.33. The molecular formula is C22H24N2O2S. The van der Waals surface area contributed by atoms with Crippen molar-refractivity contribution in [3.63, 3.8) is 0 Å². The van der Waals surface area contributed by atoms with Crippen LogP contribution in [0.25, 0.3) is 10.8 Å². The van der Waals surface area contributed by atoms with Gasteiger partial charge in [-0.3, -0.25) is 0 Å². The van der Waals surface area contributed by atoms with Crippen molar-refractivity contribution in [3.8, 4) is 0 Å². The van der Waals surface area contributed by atoms with Gasteiger partial charge in [0, 0.05) is 41.6 Å². The Labute approximate surface area is 160 Å². The highest BCUT2D eigenvalue weighted by molar-refractivity contribution is 7.91. The van der Waals surface area contributed by atoms with Crippen molar-refractivity contribution in [1.29, 1.82) is 0 Å². The maximum atomic E-state index is 13.2. The van der Waals surface area contributed by atoms with Gasteiger partial charge in [-0.05, 0) is 38.1 Å². The molecule has 0 radical (unpaired) electrons. The number of hydrogen-bond acceptors (Lipinski definition) is 4. The number of nitrogens with one attached hydrogen (secondary N) is 1. The fraction of sp³-hybridized carbons (Fsp3) is 0.273. The van der Waals surface area contributed by atoms with E-state index >= 15 is 0 Å². The first-order valence-corrected chi connectivity index (χ1v) is 10.8. The van der Waals surface area contributed by atoms with Crippen molar-refractivity contribution < 1.29 is 8.42 Å². The van der Waals surface area contributed by atoms with Crippen molar-refractivity contribution in [1.82, 2.24) is 5.32 Å². The molecule has 4 rings (SSSR count). The Morgan fingerprint density at radius 2 is 1.41 bits per heavy atom. The van der Waals surface area contributed by atoms with E-state index in [1.807, 2.05) is 36.4 Å². The summed E-state index contributed by atoms with van der Waals surface area (Å²) < 4.78 is 26.4. The van der Waals surface area contributed by atoms with Crippen LogP contribution < -0.4 is 10.2 Å². The Bertz CT molecular complexity index is 1050. The van der Waals surface area contributed by atoms with E-state index in [9.17, 15) is 8.42 Å². The molecule has 3 aromatic rings. The number of rotatable bonds is 3. The normalized spacial score (nSPS) is 20.7. The van der Waals surface area contributed by atoms with E-state index in [1.54, 1.807) is 30.3 Å². The molecular weight excluding hydrogens is 356 g/mol. The summed E-state index contributed by atoms with van der Waals surface area (Å²) >= 11 is 0. The number of benzene rings is 3. The predicted octanol–water partition coefficient (Wildman–Crippen LogP) is 3.86. The van der Waals surface area contributed by atoms with Gasteiger partial charge in [0.25, 0.3) is 0 Å². The average Bonchev–Trinajstić information content (AvgIpc) is 2.67. The van der Waals surface area contributed by atoms with Crippen molar-refractivity contribution >= 4 is 26.3 Å². The Balaban J connectivity index is 1.87. The van der Waals surface area contributed by atoms with E-state index in [2.05, 4.69) is 24.1 Å². The summed E-state index contributed by atoms with van der Waals surface area (Å²) in [5, 5.41) is 5.30. The molecule has 2 unspecified atom stereocenters. The summed E-state index contributed by atoms with van der Waals surface area (Å²) in [5.74, 6) is 0. The third-order valence-electron chi connectivity index (χ3n) is 5.10. The highest BCUT2D eigenvalue weighted by atomic mass is 32.2. The van der Waals surface area contributed by atoms with Crippen LogP contribution in [-0.2, 0) is 9.84 Å². The van der Waals surface area contributed by atoms with Gasteiger partial charge in [0.15, 0.2) is 0 Å². The van der Waals surface area contributed by atoms with Crippen LogP contribution in [0.3, 0.4) is 0 Å². The first-order valence-electron chi connectivity index (χ1n) is 9.29. The van der Waals surface area contributed by atoms with E-state index in [4.69, 9.17) is 0 Å². The standard InChI is InChI=1S/C22H24N2O2S/c1-16-14-24(15-17(2)23-16)21-12-13-22(20-11-7-6-10-19(20)21)27(25,26)18-8-4-3-5-9-18/h3-13,16-17,23H,14-15H2,1-2H3. The zero-order chi connectivity index (χ0) is 19.0. The predicted molar refractivity (Wildman–Crippen MR) is 110 cm³/mol. The van der Waals surface area contributed by atoms with Gasteiger partial charge in [-0.2, -0.15) is 0 Å². The summed E-state index contributed by atoms with van der Waals surface area (Å²) in [6, 6.07) is 20.9. The van der Waals surface area contributed by atoms with Gasteiger partial charge in [-0.25, -0.2) is 8.42 Å². The molecule has 27 heavy (non-hydrogen) atoms. The van der Waals surface area contributed by atoms with E-state index < -0.39 is 9.84 Å². The Kier molecular flexibility index (Phi) is 4.66. The van der Waals surface area contributed by atoms with Crippen molar-refractivity contribution in [3.05, 3.63) is 66.7 Å². The van der Waals surface area contributed by atoms with Gasteiger partial charge >= 0.3 is 0 Å². The largest absolute Gasteiger partial charge is 0.368 e. The van der Waals surface area contributed by atoms with Gasteiger partial charge in [-0.1, -0.05) is 42.5 Å². The maximum absolute atomic E-state index is 13.2. The van der Waals surface area contributed by atoms with Crippen molar-refractivity contribution in [2.45, 2.75) is 35.7 Å². The molecule has 5 heteroatoms. The fourth-order valence-corrected chi connectivity index (χ4v) is 5.50. The van der Waals surface area contributed by atoms with E-state index in [0.29, 0.717) is 21.9 Å². The second-order valence-electron chi connectivity index (χ2n) is 7.32. The zero-order valence-corrected chi connectivity index (χ0v) is 16.4. The molecule has 0 spiro atoms. The Hall–Kier alpha value is -2.37. The highest BCUT2D eigenvalue weighted by Gasteiger charge is 2.25. The van der Waals surface area contributed by atoms with E-state index in [1.165, 1.54) is 0 Å². The molecule has 1 aliphatic rings. The summed E-state index contributed by atoms with van der Waals surface area (Å²) in [4.78, 5) is 3.05. The molecule has 0 saturated carbocycles. The summed E-state index contributed by atoms with van der Waals surface area (Å²) in [5.41, 5.74) is 1.10. The SMILES string of the molecule is CC1CN(c2ccc(S(=O)(=O)c3ccccc3)c3ccccc23)CC(C)N1. The van der Waals surface area contributed by atoms with Crippen LogP contribution in [0, 0.1) is 0 Å². The van der Waals surface area contributed by atoms with Crippen LogP contribution >= 0.6 is 0 Å². The van der Waals surface area contributed by atoms with Gasteiger partial charge in [0.1, 0.15) is 0 Å². The molecule has 140 valence electrons. The minimum absolute atomic E-state index is 0.326. The third-order valence-corrected chi connectivity index (χ3v) is 6.93. The van der Waals surface area contributed by atoms with E-state index in [0.717, 1.165) is 29.5 Å². The number of sulfone groups is 1. The second-order valence-corrected chi connectivity index (χ2v) is 9.24. The lowest BCUT2D eigenvalue weighted by molar-refractivity contribution is 0.407. The summed E-state index contributed by atoms with van der Waals surface area (Å²) in [7, 11) is -3.57. The molecule has 3 aromatic carbocycles. The molecule has 4 nitrogen and oxygen atoms in total. The van der Waals surface area contributed by atoms with Crippen LogP contribution in [0.15, 0.2) is 76.5 Å². The van der Waals surface area contributed by atoms with Crippen LogP contribution in [0.5, 0.6) is 0 Å². The lowest BCUT2D eigenvalue weighted by atomic mass is 10.1. The molecule has 1 heterocycles. The molecule has 1 saturated heterocycles. The molecule has 0 bridgehead atoms. The minimum atomic E-state index is -3.57. The average molecular weight is 381 g/mol. The van der Waals surface area contributed by atoms with Gasteiger partial charge in [0.2, 0.25) is 9.84 Å². The number of hydrogen-bond donors (Lipinski definition) is 1. The molecule has 1 fully saturated rings. The first kappa shape index (κ1) is 18.0. The first-order chi connectivity index (χ1) is 13.0. The minimum Gasteiger partial charge on any atom is -0.368 e. The smallest absolute Gasteiger partial charge is 0.207 e. The number of anilines is 1. The van der Waals surface area contributed by atoms with Gasteiger partial charge in [-0.15, -0.1) is 0 Å². The Morgan fingerprint density at radius 1 is 0.815 bits per heavy atom. The monoisotopic (exact) mass is 380 g/mol.